The van der Waals surface area contributed by atoms with Gasteiger partial charge in [0.1, 0.15) is 17.3 Å². The van der Waals surface area contributed by atoms with Crippen LogP contribution in [0.2, 0.25) is 5.15 Å². The number of rotatable bonds is 3. The first kappa shape index (κ1) is 12.9. The molecule has 0 spiro atoms. The average Bonchev–Trinajstić information content (AvgIpc) is 2.38. The minimum atomic E-state index is 0.353. The van der Waals surface area contributed by atoms with Gasteiger partial charge in [-0.1, -0.05) is 30.9 Å². The molecular formula is C12H17Cl2N3. The van der Waals surface area contributed by atoms with Gasteiger partial charge in [0.2, 0.25) is 0 Å². The number of nitrogens with zero attached hydrogens (tertiary/aromatic N) is 3. The number of halogens is 2. The van der Waals surface area contributed by atoms with Gasteiger partial charge >= 0.3 is 0 Å². The molecule has 2 rings (SSSR count). The van der Waals surface area contributed by atoms with E-state index in [0.717, 1.165) is 11.4 Å². The van der Waals surface area contributed by atoms with E-state index in [1.807, 2.05) is 0 Å². The fourth-order valence-electron chi connectivity index (χ4n) is 2.44. The third-order valence-corrected chi connectivity index (χ3v) is 4.05. The molecule has 94 valence electrons. The topological polar surface area (TPSA) is 29.0 Å². The van der Waals surface area contributed by atoms with Gasteiger partial charge in [0.15, 0.2) is 0 Å². The van der Waals surface area contributed by atoms with Gasteiger partial charge in [-0.2, -0.15) is 0 Å². The molecule has 17 heavy (non-hydrogen) atoms. The third kappa shape index (κ3) is 2.83. The van der Waals surface area contributed by atoms with Crippen LogP contribution in [0.3, 0.4) is 0 Å². The van der Waals surface area contributed by atoms with E-state index >= 15 is 0 Å². The van der Waals surface area contributed by atoms with Gasteiger partial charge in [0.05, 0.1) is 5.88 Å². The van der Waals surface area contributed by atoms with Crippen molar-refractivity contribution in [3.05, 3.63) is 17.0 Å². The maximum absolute atomic E-state index is 6.05. The summed E-state index contributed by atoms with van der Waals surface area (Å²) in [5.41, 5.74) is 0.837. The summed E-state index contributed by atoms with van der Waals surface area (Å²) >= 11 is 12.0. The third-order valence-electron chi connectivity index (χ3n) is 3.46. The first-order chi connectivity index (χ1) is 8.24. The number of hydrogen-bond donors (Lipinski definition) is 0. The Kier molecular flexibility index (Phi) is 4.46. The van der Waals surface area contributed by atoms with E-state index in [4.69, 9.17) is 23.2 Å². The summed E-state index contributed by atoms with van der Waals surface area (Å²) in [6, 6.07) is 0.552. The lowest BCUT2D eigenvalue weighted by Gasteiger charge is -2.33. The molecule has 5 heteroatoms. The van der Waals surface area contributed by atoms with Crippen LogP contribution < -0.4 is 4.90 Å². The quantitative estimate of drug-likeness (QED) is 0.622. The summed E-state index contributed by atoms with van der Waals surface area (Å²) in [6.45, 7) is 0. The van der Waals surface area contributed by atoms with Crippen molar-refractivity contribution in [3.63, 3.8) is 0 Å². The molecule has 0 amide bonds. The van der Waals surface area contributed by atoms with Gasteiger partial charge in [-0.15, -0.1) is 11.6 Å². The Morgan fingerprint density at radius 2 is 2.00 bits per heavy atom. The normalized spacial score (nSPS) is 17.1. The van der Waals surface area contributed by atoms with Crippen LogP contribution in [0.25, 0.3) is 0 Å². The van der Waals surface area contributed by atoms with Crippen LogP contribution >= 0.6 is 23.2 Å². The van der Waals surface area contributed by atoms with E-state index < -0.39 is 0 Å². The number of aromatic nitrogens is 2. The van der Waals surface area contributed by atoms with E-state index in [0.29, 0.717) is 17.1 Å². The van der Waals surface area contributed by atoms with Gasteiger partial charge in [0.25, 0.3) is 0 Å². The highest BCUT2D eigenvalue weighted by Crippen LogP contribution is 2.29. The van der Waals surface area contributed by atoms with Crippen molar-refractivity contribution in [2.24, 2.45) is 0 Å². The molecule has 0 aromatic carbocycles. The SMILES string of the molecule is CN(c1ncnc(Cl)c1CCl)C1CCCCC1. The molecule has 0 N–H and O–H groups in total. The Labute approximate surface area is 112 Å². The van der Waals surface area contributed by atoms with Crippen molar-refractivity contribution in [1.29, 1.82) is 0 Å². The van der Waals surface area contributed by atoms with Gasteiger partial charge in [-0.3, -0.25) is 0 Å². The molecule has 1 aromatic heterocycles. The van der Waals surface area contributed by atoms with Crippen molar-refractivity contribution >= 4 is 29.0 Å². The maximum Gasteiger partial charge on any atom is 0.138 e. The molecule has 1 aliphatic rings. The van der Waals surface area contributed by atoms with Crippen molar-refractivity contribution in [2.45, 2.75) is 44.0 Å². The summed E-state index contributed by atoms with van der Waals surface area (Å²) in [6.07, 6.45) is 7.89. The predicted molar refractivity (Wildman–Crippen MR) is 71.9 cm³/mol. The van der Waals surface area contributed by atoms with Crippen LogP contribution in [0, 0.1) is 0 Å². The van der Waals surface area contributed by atoms with Gasteiger partial charge in [-0.25, -0.2) is 9.97 Å². The highest BCUT2D eigenvalue weighted by atomic mass is 35.5. The van der Waals surface area contributed by atoms with Gasteiger partial charge < -0.3 is 4.90 Å². The second kappa shape index (κ2) is 5.87. The van der Waals surface area contributed by atoms with E-state index in [-0.39, 0.29) is 0 Å². The summed E-state index contributed by atoms with van der Waals surface area (Å²) in [7, 11) is 2.07. The highest BCUT2D eigenvalue weighted by Gasteiger charge is 2.22. The monoisotopic (exact) mass is 273 g/mol. The average molecular weight is 274 g/mol. The zero-order chi connectivity index (χ0) is 12.3. The lowest BCUT2D eigenvalue weighted by atomic mass is 9.94. The van der Waals surface area contributed by atoms with Crippen LogP contribution in [-0.2, 0) is 5.88 Å². The Bertz CT molecular complexity index is 378. The van der Waals surface area contributed by atoms with Crippen molar-refractivity contribution in [2.75, 3.05) is 11.9 Å². The van der Waals surface area contributed by atoms with Crippen LogP contribution in [-0.4, -0.2) is 23.1 Å². The van der Waals surface area contributed by atoms with Gasteiger partial charge in [0, 0.05) is 18.7 Å². The fourth-order valence-corrected chi connectivity index (χ4v) is 2.95. The lowest BCUT2D eigenvalue weighted by Crippen LogP contribution is -2.34. The molecule has 0 unspecified atom stereocenters. The minimum Gasteiger partial charge on any atom is -0.356 e. The van der Waals surface area contributed by atoms with E-state index in [9.17, 15) is 0 Å². The summed E-state index contributed by atoms with van der Waals surface area (Å²) in [5, 5.41) is 0.465. The molecule has 1 aromatic rings. The summed E-state index contributed by atoms with van der Waals surface area (Å²) < 4.78 is 0. The second-order valence-electron chi connectivity index (χ2n) is 4.50. The molecule has 0 aliphatic heterocycles. The van der Waals surface area contributed by atoms with E-state index in [2.05, 4.69) is 21.9 Å². The van der Waals surface area contributed by atoms with Crippen molar-refractivity contribution in [1.82, 2.24) is 9.97 Å². The maximum atomic E-state index is 6.05. The molecule has 0 atom stereocenters. The molecule has 0 bridgehead atoms. The largest absolute Gasteiger partial charge is 0.356 e. The first-order valence-corrected chi connectivity index (χ1v) is 6.93. The van der Waals surface area contributed by atoms with E-state index in [1.54, 1.807) is 0 Å². The molecule has 0 radical (unpaired) electrons. The summed E-state index contributed by atoms with van der Waals surface area (Å²) in [5.74, 6) is 1.23. The summed E-state index contributed by atoms with van der Waals surface area (Å²) in [4.78, 5) is 10.5. The molecule has 1 fully saturated rings. The highest BCUT2D eigenvalue weighted by molar-refractivity contribution is 6.31. The van der Waals surface area contributed by atoms with Gasteiger partial charge in [-0.05, 0) is 12.8 Å². The smallest absolute Gasteiger partial charge is 0.138 e. The molecule has 1 heterocycles. The zero-order valence-corrected chi connectivity index (χ0v) is 11.5. The first-order valence-electron chi connectivity index (χ1n) is 6.02. The zero-order valence-electron chi connectivity index (χ0n) is 9.99. The number of hydrogen-bond acceptors (Lipinski definition) is 3. The minimum absolute atomic E-state index is 0.353. The van der Waals surface area contributed by atoms with Crippen LogP contribution in [0.1, 0.15) is 37.7 Å². The van der Waals surface area contributed by atoms with Crippen molar-refractivity contribution < 1.29 is 0 Å². The molecule has 1 aliphatic carbocycles. The Hall–Kier alpha value is -0.540. The second-order valence-corrected chi connectivity index (χ2v) is 5.13. The Morgan fingerprint density at radius 1 is 1.29 bits per heavy atom. The number of anilines is 1. The molecule has 1 saturated carbocycles. The molecule has 0 saturated heterocycles. The molecular weight excluding hydrogens is 257 g/mol. The van der Waals surface area contributed by atoms with Crippen LogP contribution in [0.15, 0.2) is 6.33 Å². The Balaban J connectivity index is 2.23. The molecule has 3 nitrogen and oxygen atoms in total. The van der Waals surface area contributed by atoms with Crippen LogP contribution in [0.5, 0.6) is 0 Å². The number of alkyl halides is 1. The Morgan fingerprint density at radius 3 is 2.65 bits per heavy atom. The van der Waals surface area contributed by atoms with Crippen LogP contribution in [0.4, 0.5) is 5.82 Å². The predicted octanol–water partition coefficient (Wildman–Crippen LogP) is 3.64. The standard InChI is InChI=1S/C12H17Cl2N3/c1-17(9-5-3-2-4-6-9)12-10(7-13)11(14)15-8-16-12/h8-9H,2-7H2,1H3. The fraction of sp³-hybridized carbons (Fsp3) is 0.667. The van der Waals surface area contributed by atoms with E-state index in [1.165, 1.54) is 38.4 Å². The lowest BCUT2D eigenvalue weighted by molar-refractivity contribution is 0.425. The van der Waals surface area contributed by atoms with Crippen molar-refractivity contribution in [3.8, 4) is 0 Å².